The second kappa shape index (κ2) is 6.84. The number of para-hydroxylation sites is 1. The maximum atomic E-state index is 12.3. The Hall–Kier alpha value is -2.67. The summed E-state index contributed by atoms with van der Waals surface area (Å²) in [5, 5.41) is 11.6. The van der Waals surface area contributed by atoms with Gasteiger partial charge in [-0.3, -0.25) is 9.59 Å². The summed E-state index contributed by atoms with van der Waals surface area (Å²) in [6, 6.07) is 8.77. The Morgan fingerprint density at radius 3 is 2.92 bits per heavy atom. The molecule has 0 atom stereocenters. The van der Waals surface area contributed by atoms with Gasteiger partial charge in [-0.2, -0.15) is 0 Å². The fourth-order valence-corrected chi connectivity index (χ4v) is 3.19. The summed E-state index contributed by atoms with van der Waals surface area (Å²) >= 11 is 1.34. The molecule has 2 aromatic heterocycles. The third-order valence-corrected chi connectivity index (χ3v) is 4.68. The predicted molar refractivity (Wildman–Crippen MR) is 93.1 cm³/mol. The summed E-state index contributed by atoms with van der Waals surface area (Å²) < 4.78 is 0.590. The number of carbonyl (C=O) groups excluding carboxylic acids is 1. The number of aromatic nitrogens is 2. The number of hydrogen-bond acceptors (Lipinski definition) is 5. The average molecular weight is 343 g/mol. The zero-order valence-electron chi connectivity index (χ0n) is 13.2. The lowest BCUT2D eigenvalue weighted by atomic mass is 10.1. The Balaban J connectivity index is 1.65. The molecular weight excluding hydrogens is 326 g/mol. The monoisotopic (exact) mass is 343 g/mol. The van der Waals surface area contributed by atoms with Crippen LogP contribution in [-0.2, 0) is 17.8 Å². The van der Waals surface area contributed by atoms with Crippen molar-refractivity contribution in [3.63, 3.8) is 0 Å². The second-order valence-electron chi connectivity index (χ2n) is 5.53. The number of hydrogen-bond donors (Lipinski definition) is 2. The lowest BCUT2D eigenvalue weighted by Crippen LogP contribution is -2.28. The molecule has 124 valence electrons. The van der Waals surface area contributed by atoms with E-state index in [9.17, 15) is 14.7 Å². The highest BCUT2D eigenvalue weighted by Gasteiger charge is 2.13. The van der Waals surface area contributed by atoms with E-state index in [0.717, 1.165) is 5.56 Å². The van der Waals surface area contributed by atoms with Crippen molar-refractivity contribution >= 4 is 27.5 Å². The Morgan fingerprint density at radius 2 is 2.12 bits per heavy atom. The summed E-state index contributed by atoms with van der Waals surface area (Å²) in [6.45, 7) is 0.237. The van der Waals surface area contributed by atoms with Crippen molar-refractivity contribution < 1.29 is 9.90 Å². The number of aromatic hydroxyl groups is 1. The third-order valence-electron chi connectivity index (χ3n) is 3.78. The van der Waals surface area contributed by atoms with Gasteiger partial charge in [-0.1, -0.05) is 18.2 Å². The SMILES string of the molecule is CN(Cc1nc2ccsc2c(=O)[nH]1)C(=O)CCc1ccccc1O. The number of benzene rings is 1. The minimum absolute atomic E-state index is 0.0775. The molecule has 7 heteroatoms. The lowest BCUT2D eigenvalue weighted by Gasteiger charge is -2.16. The smallest absolute Gasteiger partial charge is 0.268 e. The number of aryl methyl sites for hydroxylation is 1. The highest BCUT2D eigenvalue weighted by Crippen LogP contribution is 2.18. The average Bonchev–Trinajstić information content (AvgIpc) is 3.03. The van der Waals surface area contributed by atoms with Crippen molar-refractivity contribution in [1.82, 2.24) is 14.9 Å². The van der Waals surface area contributed by atoms with Crippen molar-refractivity contribution in [2.45, 2.75) is 19.4 Å². The number of phenolic OH excluding ortho intramolecular Hbond substituents is 1. The van der Waals surface area contributed by atoms with E-state index in [1.54, 1.807) is 31.3 Å². The van der Waals surface area contributed by atoms with Gasteiger partial charge in [0.25, 0.3) is 5.56 Å². The van der Waals surface area contributed by atoms with Crippen molar-refractivity contribution in [1.29, 1.82) is 0 Å². The Kier molecular flexibility index (Phi) is 4.61. The van der Waals surface area contributed by atoms with E-state index in [4.69, 9.17) is 0 Å². The number of thiophene rings is 1. The van der Waals surface area contributed by atoms with Crippen molar-refractivity contribution in [2.24, 2.45) is 0 Å². The summed E-state index contributed by atoms with van der Waals surface area (Å²) in [5.74, 6) is 0.581. The van der Waals surface area contributed by atoms with E-state index in [0.29, 0.717) is 22.5 Å². The molecule has 2 N–H and O–H groups in total. The molecule has 3 rings (SSSR count). The van der Waals surface area contributed by atoms with Crippen LogP contribution in [0.1, 0.15) is 17.8 Å². The number of aromatic amines is 1. The molecule has 3 aromatic rings. The largest absolute Gasteiger partial charge is 0.508 e. The van der Waals surface area contributed by atoms with Crippen LogP contribution in [0.4, 0.5) is 0 Å². The Labute approximate surface area is 142 Å². The van der Waals surface area contributed by atoms with E-state index in [1.165, 1.54) is 16.2 Å². The molecule has 0 saturated heterocycles. The van der Waals surface area contributed by atoms with Crippen LogP contribution >= 0.6 is 11.3 Å². The van der Waals surface area contributed by atoms with E-state index in [-0.39, 0.29) is 30.2 Å². The second-order valence-corrected chi connectivity index (χ2v) is 6.44. The number of fused-ring (bicyclic) bond motifs is 1. The van der Waals surface area contributed by atoms with E-state index in [1.807, 2.05) is 11.4 Å². The molecule has 0 bridgehead atoms. The standard InChI is InChI=1S/C17H17N3O3S/c1-20(15(22)7-6-11-4-2-3-5-13(11)21)10-14-18-12-8-9-24-16(12)17(23)19-14/h2-5,8-9,21H,6-7,10H2,1H3,(H,18,19,23). The summed E-state index contributed by atoms with van der Waals surface area (Å²) in [5.41, 5.74) is 1.21. The normalized spacial score (nSPS) is 10.9. The van der Waals surface area contributed by atoms with Gasteiger partial charge in [0, 0.05) is 13.5 Å². The highest BCUT2D eigenvalue weighted by atomic mass is 32.1. The van der Waals surface area contributed by atoms with Crippen LogP contribution < -0.4 is 5.56 Å². The van der Waals surface area contributed by atoms with Crippen LogP contribution in [0.25, 0.3) is 10.2 Å². The maximum absolute atomic E-state index is 12.3. The quantitative estimate of drug-likeness (QED) is 0.744. The minimum atomic E-state index is -0.181. The first-order valence-corrected chi connectivity index (χ1v) is 8.40. The molecule has 0 radical (unpaired) electrons. The Bertz CT molecular complexity index is 932. The molecule has 0 aliphatic carbocycles. The van der Waals surface area contributed by atoms with E-state index >= 15 is 0 Å². The van der Waals surface area contributed by atoms with Gasteiger partial charge < -0.3 is 15.0 Å². The first kappa shape index (κ1) is 16.2. The fraction of sp³-hybridized carbons (Fsp3) is 0.235. The van der Waals surface area contributed by atoms with Crippen molar-refractivity contribution in [2.75, 3.05) is 7.05 Å². The molecule has 1 amide bonds. The predicted octanol–water partition coefficient (Wildman–Crippen LogP) is 2.28. The molecule has 2 heterocycles. The molecule has 24 heavy (non-hydrogen) atoms. The number of nitrogens with zero attached hydrogens (tertiary/aromatic N) is 2. The van der Waals surface area contributed by atoms with Gasteiger partial charge in [-0.05, 0) is 29.5 Å². The highest BCUT2D eigenvalue weighted by molar-refractivity contribution is 7.17. The topological polar surface area (TPSA) is 86.3 Å². The molecule has 0 aliphatic heterocycles. The van der Waals surface area contributed by atoms with Crippen molar-refractivity contribution in [3.8, 4) is 5.75 Å². The van der Waals surface area contributed by atoms with Crippen LogP contribution in [0.5, 0.6) is 5.75 Å². The van der Waals surface area contributed by atoms with E-state index in [2.05, 4.69) is 9.97 Å². The third kappa shape index (κ3) is 3.46. The first-order valence-electron chi connectivity index (χ1n) is 7.52. The number of H-pyrrole nitrogens is 1. The molecule has 6 nitrogen and oxygen atoms in total. The fourth-order valence-electron chi connectivity index (χ4n) is 2.46. The zero-order chi connectivity index (χ0) is 17.1. The van der Waals surface area contributed by atoms with Crippen LogP contribution in [0.3, 0.4) is 0 Å². The van der Waals surface area contributed by atoms with Gasteiger partial charge in [0.15, 0.2) is 0 Å². The minimum Gasteiger partial charge on any atom is -0.508 e. The maximum Gasteiger partial charge on any atom is 0.268 e. The van der Waals surface area contributed by atoms with Crippen molar-refractivity contribution in [3.05, 3.63) is 57.5 Å². The molecule has 0 spiro atoms. The zero-order valence-corrected chi connectivity index (χ0v) is 14.0. The van der Waals surface area contributed by atoms with Gasteiger partial charge >= 0.3 is 0 Å². The van der Waals surface area contributed by atoms with Gasteiger partial charge in [-0.25, -0.2) is 4.98 Å². The number of carbonyl (C=O) groups is 1. The molecule has 0 unspecified atom stereocenters. The summed E-state index contributed by atoms with van der Waals surface area (Å²) in [7, 11) is 1.67. The van der Waals surface area contributed by atoms with Gasteiger partial charge in [0.1, 0.15) is 16.3 Å². The van der Waals surface area contributed by atoms with Crippen LogP contribution in [0, 0.1) is 0 Å². The van der Waals surface area contributed by atoms with E-state index < -0.39 is 0 Å². The van der Waals surface area contributed by atoms with Crippen LogP contribution in [0.2, 0.25) is 0 Å². The number of nitrogens with one attached hydrogen (secondary N) is 1. The molecule has 0 fully saturated rings. The number of amides is 1. The number of phenols is 1. The lowest BCUT2D eigenvalue weighted by molar-refractivity contribution is -0.130. The summed E-state index contributed by atoms with van der Waals surface area (Å²) in [4.78, 5) is 32.8. The summed E-state index contributed by atoms with van der Waals surface area (Å²) in [6.07, 6.45) is 0.738. The molecular formula is C17H17N3O3S. The molecule has 0 aliphatic rings. The Morgan fingerprint density at radius 1 is 1.33 bits per heavy atom. The molecule has 0 saturated carbocycles. The van der Waals surface area contributed by atoms with Gasteiger partial charge in [0.2, 0.25) is 5.91 Å². The van der Waals surface area contributed by atoms with Crippen LogP contribution in [0.15, 0.2) is 40.5 Å². The van der Waals surface area contributed by atoms with Gasteiger partial charge in [-0.15, -0.1) is 11.3 Å². The molecule has 1 aromatic carbocycles. The van der Waals surface area contributed by atoms with Gasteiger partial charge in [0.05, 0.1) is 12.1 Å². The number of rotatable bonds is 5. The first-order chi connectivity index (χ1) is 11.5. The van der Waals surface area contributed by atoms with Crippen LogP contribution in [-0.4, -0.2) is 32.9 Å².